The summed E-state index contributed by atoms with van der Waals surface area (Å²) in [6, 6.07) is 8.00. The molecule has 1 aliphatic heterocycles. The van der Waals surface area contributed by atoms with Crippen LogP contribution in [0, 0.1) is 5.92 Å². The van der Waals surface area contributed by atoms with E-state index in [1.807, 2.05) is 18.2 Å². The van der Waals surface area contributed by atoms with Gasteiger partial charge in [-0.05, 0) is 42.9 Å². The largest absolute Gasteiger partial charge is 0.396 e. The average molecular weight is 304 g/mol. The van der Waals surface area contributed by atoms with Crippen LogP contribution in [0.25, 0.3) is 0 Å². The molecule has 2 rings (SSSR count). The first-order valence-corrected chi connectivity index (χ1v) is 8.32. The number of carbonyl (C=O) groups is 1. The molecule has 122 valence electrons. The lowest BCUT2D eigenvalue weighted by molar-refractivity contribution is -0.116. The van der Waals surface area contributed by atoms with Gasteiger partial charge >= 0.3 is 0 Å². The Morgan fingerprint density at radius 3 is 2.91 bits per heavy atom. The number of hydrogen-bond acceptors (Lipinski definition) is 3. The topological polar surface area (TPSA) is 52.6 Å². The first kappa shape index (κ1) is 17.0. The molecule has 1 fully saturated rings. The highest BCUT2D eigenvalue weighted by Gasteiger charge is 2.19. The molecule has 0 aromatic heterocycles. The highest BCUT2D eigenvalue weighted by Crippen LogP contribution is 2.23. The van der Waals surface area contributed by atoms with Gasteiger partial charge in [-0.25, -0.2) is 0 Å². The number of amides is 1. The quantitative estimate of drug-likeness (QED) is 0.849. The van der Waals surface area contributed by atoms with Gasteiger partial charge in [0, 0.05) is 31.8 Å². The Balaban J connectivity index is 1.83. The number of para-hydroxylation sites is 1. The number of likely N-dealkylation sites (tertiary alicyclic amines) is 1. The van der Waals surface area contributed by atoms with E-state index in [0.29, 0.717) is 18.3 Å². The molecule has 1 atom stereocenters. The van der Waals surface area contributed by atoms with Crippen LogP contribution in [0.4, 0.5) is 5.69 Å². The maximum atomic E-state index is 12.2. The van der Waals surface area contributed by atoms with Crippen LogP contribution in [0.3, 0.4) is 0 Å². The number of benzene rings is 1. The molecule has 0 saturated carbocycles. The van der Waals surface area contributed by atoms with Crippen LogP contribution in [0.15, 0.2) is 24.3 Å². The van der Waals surface area contributed by atoms with Gasteiger partial charge in [0.05, 0.1) is 0 Å². The lowest BCUT2D eigenvalue weighted by atomic mass is 9.99. The molecule has 1 amide bonds. The van der Waals surface area contributed by atoms with Crippen LogP contribution in [0.5, 0.6) is 0 Å². The summed E-state index contributed by atoms with van der Waals surface area (Å²) in [6.45, 7) is 7.23. The van der Waals surface area contributed by atoms with Gasteiger partial charge in [-0.3, -0.25) is 4.79 Å². The molecule has 0 bridgehead atoms. The van der Waals surface area contributed by atoms with Crippen molar-refractivity contribution in [1.82, 2.24) is 4.90 Å². The van der Waals surface area contributed by atoms with Crippen molar-refractivity contribution in [2.24, 2.45) is 5.92 Å². The van der Waals surface area contributed by atoms with Crippen LogP contribution in [0.1, 0.15) is 44.6 Å². The highest BCUT2D eigenvalue weighted by atomic mass is 16.3. The van der Waals surface area contributed by atoms with Crippen LogP contribution in [0.2, 0.25) is 0 Å². The maximum absolute atomic E-state index is 12.2. The Hall–Kier alpha value is -1.39. The van der Waals surface area contributed by atoms with Gasteiger partial charge in [0.25, 0.3) is 0 Å². The predicted octanol–water partition coefficient (Wildman–Crippen LogP) is 2.84. The molecule has 0 radical (unpaired) electrons. The minimum atomic E-state index is 0.0687. The Labute approximate surface area is 133 Å². The molecular weight excluding hydrogens is 276 g/mol. The number of aliphatic hydroxyl groups is 1. The van der Waals surface area contributed by atoms with Crippen molar-refractivity contribution in [3.63, 3.8) is 0 Å². The molecule has 4 heteroatoms. The fourth-order valence-electron chi connectivity index (χ4n) is 3.09. The molecule has 0 spiro atoms. The fourth-order valence-corrected chi connectivity index (χ4v) is 3.09. The average Bonchev–Trinajstić information content (AvgIpc) is 2.53. The Morgan fingerprint density at radius 1 is 1.41 bits per heavy atom. The number of rotatable bonds is 6. The molecule has 1 unspecified atom stereocenters. The molecule has 1 aromatic rings. The minimum absolute atomic E-state index is 0.0687. The van der Waals surface area contributed by atoms with E-state index < -0.39 is 0 Å². The SMILES string of the molecule is CC(C)c1ccccc1NC(=O)CCN1CCCC(CO)C1. The van der Waals surface area contributed by atoms with E-state index in [1.165, 1.54) is 5.56 Å². The normalized spacial score (nSPS) is 19.4. The van der Waals surface area contributed by atoms with Crippen molar-refractivity contribution < 1.29 is 9.90 Å². The van der Waals surface area contributed by atoms with E-state index in [0.717, 1.165) is 38.2 Å². The molecule has 1 heterocycles. The van der Waals surface area contributed by atoms with Crippen molar-refractivity contribution in [1.29, 1.82) is 0 Å². The molecule has 22 heavy (non-hydrogen) atoms. The van der Waals surface area contributed by atoms with Gasteiger partial charge < -0.3 is 15.3 Å². The highest BCUT2D eigenvalue weighted by molar-refractivity contribution is 5.91. The third-order valence-electron chi connectivity index (χ3n) is 4.37. The second-order valence-electron chi connectivity index (χ2n) is 6.53. The van der Waals surface area contributed by atoms with Crippen molar-refractivity contribution in [2.75, 3.05) is 31.6 Å². The summed E-state index contributed by atoms with van der Waals surface area (Å²) in [4.78, 5) is 14.5. The molecule has 1 aliphatic rings. The van der Waals surface area contributed by atoms with Crippen molar-refractivity contribution in [2.45, 2.75) is 39.0 Å². The zero-order valence-corrected chi connectivity index (χ0v) is 13.7. The van der Waals surface area contributed by atoms with E-state index in [-0.39, 0.29) is 12.5 Å². The number of piperidine rings is 1. The molecule has 1 saturated heterocycles. The Kier molecular flexibility index (Phi) is 6.40. The van der Waals surface area contributed by atoms with Crippen LogP contribution < -0.4 is 5.32 Å². The van der Waals surface area contributed by atoms with Gasteiger partial charge in [0.1, 0.15) is 0 Å². The Bertz CT molecular complexity index is 488. The standard InChI is InChI=1S/C18H28N2O2/c1-14(2)16-7-3-4-8-17(16)19-18(22)9-11-20-10-5-6-15(12-20)13-21/h3-4,7-8,14-15,21H,5-6,9-13H2,1-2H3,(H,19,22). The van der Waals surface area contributed by atoms with Crippen LogP contribution in [-0.2, 0) is 4.79 Å². The molecule has 4 nitrogen and oxygen atoms in total. The van der Waals surface area contributed by atoms with Gasteiger partial charge in [0.15, 0.2) is 0 Å². The molecule has 1 aromatic carbocycles. The summed E-state index contributed by atoms with van der Waals surface area (Å²) in [5, 5.41) is 12.3. The number of carbonyl (C=O) groups excluding carboxylic acids is 1. The first-order valence-electron chi connectivity index (χ1n) is 8.32. The number of nitrogens with one attached hydrogen (secondary N) is 1. The van der Waals surface area contributed by atoms with E-state index in [9.17, 15) is 9.90 Å². The number of nitrogens with zero attached hydrogens (tertiary/aromatic N) is 1. The van der Waals surface area contributed by atoms with E-state index in [2.05, 4.69) is 30.1 Å². The summed E-state index contributed by atoms with van der Waals surface area (Å²) < 4.78 is 0. The van der Waals surface area contributed by atoms with Gasteiger partial charge in [-0.2, -0.15) is 0 Å². The fraction of sp³-hybridized carbons (Fsp3) is 0.611. The van der Waals surface area contributed by atoms with Crippen LogP contribution >= 0.6 is 0 Å². The monoisotopic (exact) mass is 304 g/mol. The molecular formula is C18H28N2O2. The third kappa shape index (κ3) is 4.82. The first-order chi connectivity index (χ1) is 10.6. The predicted molar refractivity (Wildman–Crippen MR) is 90.0 cm³/mol. The zero-order chi connectivity index (χ0) is 15.9. The second kappa shape index (κ2) is 8.30. The smallest absolute Gasteiger partial charge is 0.225 e. The van der Waals surface area contributed by atoms with E-state index in [1.54, 1.807) is 0 Å². The second-order valence-corrected chi connectivity index (χ2v) is 6.53. The van der Waals surface area contributed by atoms with Crippen LogP contribution in [-0.4, -0.2) is 42.2 Å². The maximum Gasteiger partial charge on any atom is 0.225 e. The molecule has 0 aliphatic carbocycles. The summed E-state index contributed by atoms with van der Waals surface area (Å²) in [6.07, 6.45) is 2.72. The van der Waals surface area contributed by atoms with E-state index in [4.69, 9.17) is 0 Å². The van der Waals surface area contributed by atoms with Crippen molar-refractivity contribution in [3.8, 4) is 0 Å². The van der Waals surface area contributed by atoms with E-state index >= 15 is 0 Å². The summed E-state index contributed by atoms with van der Waals surface area (Å²) >= 11 is 0. The summed E-state index contributed by atoms with van der Waals surface area (Å²) in [5.74, 6) is 0.835. The molecule has 2 N–H and O–H groups in total. The third-order valence-corrected chi connectivity index (χ3v) is 4.37. The lowest BCUT2D eigenvalue weighted by Crippen LogP contribution is -2.38. The number of anilines is 1. The summed E-state index contributed by atoms with van der Waals surface area (Å²) in [7, 11) is 0. The van der Waals surface area contributed by atoms with Crippen molar-refractivity contribution in [3.05, 3.63) is 29.8 Å². The van der Waals surface area contributed by atoms with Gasteiger partial charge in [0.2, 0.25) is 5.91 Å². The summed E-state index contributed by atoms with van der Waals surface area (Å²) in [5.41, 5.74) is 2.10. The number of aliphatic hydroxyl groups excluding tert-OH is 1. The zero-order valence-electron chi connectivity index (χ0n) is 13.7. The minimum Gasteiger partial charge on any atom is -0.396 e. The number of hydrogen-bond donors (Lipinski definition) is 2. The lowest BCUT2D eigenvalue weighted by Gasteiger charge is -2.31. The van der Waals surface area contributed by atoms with Gasteiger partial charge in [-0.15, -0.1) is 0 Å². The van der Waals surface area contributed by atoms with Gasteiger partial charge in [-0.1, -0.05) is 32.0 Å². The van der Waals surface area contributed by atoms with Crippen molar-refractivity contribution >= 4 is 11.6 Å². The Morgan fingerprint density at radius 2 is 2.18 bits per heavy atom.